The van der Waals surface area contributed by atoms with E-state index in [1.165, 1.54) is 23.5 Å². The molecule has 4 rings (SSSR count). The van der Waals surface area contributed by atoms with Crippen LogP contribution in [0.25, 0.3) is 10.2 Å². The second-order valence-corrected chi connectivity index (χ2v) is 9.85. The molecule has 3 heterocycles. The van der Waals surface area contributed by atoms with E-state index in [-0.39, 0.29) is 11.0 Å². The van der Waals surface area contributed by atoms with E-state index in [9.17, 15) is 13.5 Å². The highest BCUT2D eigenvalue weighted by atomic mass is 35.5. The van der Waals surface area contributed by atoms with Gasteiger partial charge in [0.1, 0.15) is 4.83 Å². The van der Waals surface area contributed by atoms with Crippen LogP contribution < -0.4 is 4.90 Å². The molecule has 5 nitrogen and oxygen atoms in total. The number of pyridine rings is 1. The lowest BCUT2D eigenvalue weighted by atomic mass is 10.1. The van der Waals surface area contributed by atoms with Crippen molar-refractivity contribution < 1.29 is 13.5 Å². The minimum atomic E-state index is -3.70. The molecule has 1 aromatic carbocycles. The number of aliphatic hydroxyl groups is 1. The number of thiophene rings is 1. The molecule has 1 aliphatic heterocycles. The van der Waals surface area contributed by atoms with Gasteiger partial charge in [-0.1, -0.05) is 11.6 Å². The van der Waals surface area contributed by atoms with Crippen molar-refractivity contribution in [1.29, 1.82) is 0 Å². The van der Waals surface area contributed by atoms with Gasteiger partial charge >= 0.3 is 0 Å². The summed E-state index contributed by atoms with van der Waals surface area (Å²) in [4.78, 5) is 7.31. The second kappa shape index (κ2) is 6.81. The van der Waals surface area contributed by atoms with Gasteiger partial charge in [0, 0.05) is 29.7 Å². The number of anilines is 1. The van der Waals surface area contributed by atoms with Crippen LogP contribution in [0.1, 0.15) is 12.8 Å². The van der Waals surface area contributed by atoms with E-state index in [1.54, 1.807) is 18.3 Å². The molecule has 1 N–H and O–H groups in total. The largest absolute Gasteiger partial charge is 0.393 e. The Bertz CT molecular complexity index is 1040. The fourth-order valence-corrected chi connectivity index (χ4v) is 6.38. The number of rotatable bonds is 3. The Kier molecular flexibility index (Phi) is 4.64. The monoisotopic (exact) mass is 408 g/mol. The van der Waals surface area contributed by atoms with Crippen LogP contribution in [0, 0.1) is 0 Å². The number of piperidine rings is 1. The molecule has 26 heavy (non-hydrogen) atoms. The molecular weight excluding hydrogens is 392 g/mol. The van der Waals surface area contributed by atoms with Gasteiger partial charge in [0.25, 0.3) is 0 Å². The molecule has 0 saturated carbocycles. The zero-order valence-electron chi connectivity index (χ0n) is 13.8. The van der Waals surface area contributed by atoms with Crippen LogP contribution in [-0.4, -0.2) is 37.7 Å². The number of aromatic nitrogens is 1. The Morgan fingerprint density at radius 3 is 2.54 bits per heavy atom. The van der Waals surface area contributed by atoms with Crippen molar-refractivity contribution in [2.45, 2.75) is 28.1 Å². The molecule has 8 heteroatoms. The highest BCUT2D eigenvalue weighted by Gasteiger charge is 2.31. The number of nitrogens with zero attached hydrogens (tertiary/aromatic N) is 2. The van der Waals surface area contributed by atoms with Gasteiger partial charge in [-0.25, -0.2) is 13.4 Å². The summed E-state index contributed by atoms with van der Waals surface area (Å²) >= 11 is 7.09. The topological polar surface area (TPSA) is 70.5 Å². The first-order chi connectivity index (χ1) is 12.5. The normalized spacial score (nSPS) is 16.3. The highest BCUT2D eigenvalue weighted by molar-refractivity contribution is 7.93. The first-order valence-corrected chi connectivity index (χ1v) is 11.0. The number of halogens is 1. The maximum atomic E-state index is 13.3. The number of aliphatic hydroxyl groups excluding tert-OH is 1. The molecule has 1 fully saturated rings. The van der Waals surface area contributed by atoms with Crippen molar-refractivity contribution in [3.63, 3.8) is 0 Å². The molecule has 0 atom stereocenters. The smallest absolute Gasteiger partial charge is 0.218 e. The molecule has 1 saturated heterocycles. The number of sulfone groups is 1. The van der Waals surface area contributed by atoms with Crippen LogP contribution in [-0.2, 0) is 9.84 Å². The molecule has 0 bridgehead atoms. The average molecular weight is 409 g/mol. The second-order valence-electron chi connectivity index (χ2n) is 6.27. The number of hydrogen-bond donors (Lipinski definition) is 1. The fourth-order valence-electron chi connectivity index (χ4n) is 3.19. The summed E-state index contributed by atoms with van der Waals surface area (Å²) < 4.78 is 26.9. The molecule has 136 valence electrons. The van der Waals surface area contributed by atoms with E-state index >= 15 is 0 Å². The van der Waals surface area contributed by atoms with Crippen molar-refractivity contribution >= 4 is 48.7 Å². The lowest BCUT2D eigenvalue weighted by Gasteiger charge is -2.31. The molecule has 0 unspecified atom stereocenters. The van der Waals surface area contributed by atoms with Crippen LogP contribution >= 0.6 is 22.9 Å². The third-order valence-electron chi connectivity index (χ3n) is 4.56. The van der Waals surface area contributed by atoms with Crippen molar-refractivity contribution in [3.05, 3.63) is 47.6 Å². The van der Waals surface area contributed by atoms with Crippen LogP contribution in [0.4, 0.5) is 5.69 Å². The van der Waals surface area contributed by atoms with Crippen LogP contribution in [0.5, 0.6) is 0 Å². The van der Waals surface area contributed by atoms with Crippen molar-refractivity contribution in [2.24, 2.45) is 0 Å². The quantitative estimate of drug-likeness (QED) is 0.714. The summed E-state index contributed by atoms with van der Waals surface area (Å²) in [6.07, 6.45) is 2.59. The Labute approximate surface area is 160 Å². The molecule has 3 aromatic rings. The predicted molar refractivity (Wildman–Crippen MR) is 104 cm³/mol. The van der Waals surface area contributed by atoms with E-state index < -0.39 is 9.84 Å². The maximum Gasteiger partial charge on any atom is 0.218 e. The van der Waals surface area contributed by atoms with Gasteiger partial charge in [-0.3, -0.25) is 0 Å². The summed E-state index contributed by atoms with van der Waals surface area (Å²) in [6, 6.07) is 9.93. The molecule has 0 amide bonds. The van der Waals surface area contributed by atoms with Gasteiger partial charge in [0.05, 0.1) is 16.7 Å². The van der Waals surface area contributed by atoms with E-state index in [0.717, 1.165) is 5.39 Å². The Balaban J connectivity index is 1.89. The van der Waals surface area contributed by atoms with E-state index in [0.29, 0.717) is 45.7 Å². The SMILES string of the molecule is O=S(=O)(c1ccc(Cl)cc1)c1sc2ncccc2c1N1CCC(O)CC1. The Morgan fingerprint density at radius 2 is 1.85 bits per heavy atom. The Morgan fingerprint density at radius 1 is 1.15 bits per heavy atom. The van der Waals surface area contributed by atoms with Crippen LogP contribution in [0.3, 0.4) is 0 Å². The lowest BCUT2D eigenvalue weighted by Crippen LogP contribution is -2.36. The summed E-state index contributed by atoms with van der Waals surface area (Å²) in [5.74, 6) is 0. The molecule has 0 spiro atoms. The first kappa shape index (κ1) is 17.7. The zero-order chi connectivity index (χ0) is 18.3. The van der Waals surface area contributed by atoms with Gasteiger partial charge in [0.2, 0.25) is 9.84 Å². The van der Waals surface area contributed by atoms with Gasteiger partial charge in [-0.2, -0.15) is 0 Å². The maximum absolute atomic E-state index is 13.3. The third-order valence-corrected chi connectivity index (χ3v) is 8.19. The molecule has 2 aromatic heterocycles. The summed E-state index contributed by atoms with van der Waals surface area (Å²) in [5.41, 5.74) is 0.694. The summed E-state index contributed by atoms with van der Waals surface area (Å²) in [6.45, 7) is 1.23. The van der Waals surface area contributed by atoms with E-state index in [2.05, 4.69) is 9.88 Å². The number of hydrogen-bond acceptors (Lipinski definition) is 6. The number of benzene rings is 1. The Hall–Kier alpha value is -1.67. The first-order valence-electron chi connectivity index (χ1n) is 8.28. The van der Waals surface area contributed by atoms with Crippen LogP contribution in [0.2, 0.25) is 5.02 Å². The van der Waals surface area contributed by atoms with Crippen molar-refractivity contribution in [1.82, 2.24) is 4.98 Å². The van der Waals surface area contributed by atoms with Gasteiger partial charge in [-0.05, 0) is 49.2 Å². The van der Waals surface area contributed by atoms with Crippen molar-refractivity contribution in [2.75, 3.05) is 18.0 Å². The third kappa shape index (κ3) is 3.09. The standard InChI is InChI=1S/C18H17ClN2O3S2/c19-12-3-5-14(6-4-12)26(23,24)18-16(21-10-7-13(22)8-11-21)15-2-1-9-20-17(15)25-18/h1-6,9,13,22H,7-8,10-11H2. The number of fused-ring (bicyclic) bond motifs is 1. The van der Waals surface area contributed by atoms with E-state index in [4.69, 9.17) is 11.6 Å². The average Bonchev–Trinajstić information content (AvgIpc) is 3.03. The highest BCUT2D eigenvalue weighted by Crippen LogP contribution is 2.43. The molecule has 0 radical (unpaired) electrons. The molecule has 1 aliphatic rings. The minimum Gasteiger partial charge on any atom is -0.393 e. The zero-order valence-corrected chi connectivity index (χ0v) is 16.2. The minimum absolute atomic E-state index is 0.215. The predicted octanol–water partition coefficient (Wildman–Crippen LogP) is 3.74. The fraction of sp³-hybridized carbons (Fsp3) is 0.278. The lowest BCUT2D eigenvalue weighted by molar-refractivity contribution is 0.145. The molecule has 0 aliphatic carbocycles. The van der Waals surface area contributed by atoms with Gasteiger partial charge in [-0.15, -0.1) is 11.3 Å². The summed E-state index contributed by atoms with van der Waals surface area (Å²) in [5, 5.41) is 11.1. The molecular formula is C18H17ClN2O3S2. The van der Waals surface area contributed by atoms with Gasteiger partial charge in [0.15, 0.2) is 4.21 Å². The van der Waals surface area contributed by atoms with Crippen molar-refractivity contribution in [3.8, 4) is 0 Å². The van der Waals surface area contributed by atoms with E-state index in [1.807, 2.05) is 12.1 Å². The van der Waals surface area contributed by atoms with Gasteiger partial charge < -0.3 is 10.0 Å². The summed E-state index contributed by atoms with van der Waals surface area (Å²) in [7, 11) is -3.70. The van der Waals surface area contributed by atoms with Crippen LogP contribution in [0.15, 0.2) is 51.7 Å².